The molecule has 0 spiro atoms. The van der Waals surface area contributed by atoms with Gasteiger partial charge in [-0.15, -0.1) is 0 Å². The Morgan fingerprint density at radius 3 is 2.90 bits per heavy atom. The molecule has 10 nitrogen and oxygen atoms in total. The fraction of sp³-hybridized carbons (Fsp3) is 0.444. The first-order chi connectivity index (χ1) is 14.5. The summed E-state index contributed by atoms with van der Waals surface area (Å²) in [7, 11) is -4.21. The zero-order valence-electron chi connectivity index (χ0n) is 16.5. The molecule has 0 bridgehead atoms. The van der Waals surface area contributed by atoms with Crippen molar-refractivity contribution in [3.63, 3.8) is 0 Å². The van der Waals surface area contributed by atoms with E-state index in [0.29, 0.717) is 5.56 Å². The van der Waals surface area contributed by atoms with Gasteiger partial charge in [0.25, 0.3) is 11.4 Å². The number of phosphoric acid groups is 1. The SMILES string of the molecule is Cc1ccc2c(c1)COP(=O)(OC[C@@]1(F)O[C@@H](n3cc(C)c(=O)[nH]c3=S)[C@H](O)[C@@H]1O)O2. The molecule has 0 saturated carbocycles. The number of hydrogen-bond acceptors (Lipinski definition) is 9. The molecule has 13 heteroatoms. The van der Waals surface area contributed by atoms with E-state index in [2.05, 4.69) is 4.98 Å². The lowest BCUT2D eigenvalue weighted by Crippen LogP contribution is -2.43. The molecule has 1 aromatic heterocycles. The average molecular weight is 474 g/mol. The zero-order chi connectivity index (χ0) is 22.6. The standard InChI is InChI=1S/C18H20FN2O8PS/c1-9-3-4-12-11(5-9)7-26-30(25,29-12)27-8-18(19)14(23)13(22)16(28-18)21-6-10(2)15(24)20-17(21)31/h3-6,13-14,16,22-23H,7-8H2,1-2H3,(H,20,24,31)/t13-,14+,16-,18-,30?/m1/s1. The van der Waals surface area contributed by atoms with Crippen molar-refractivity contribution in [2.45, 2.75) is 44.7 Å². The Bertz CT molecular complexity index is 1190. The van der Waals surface area contributed by atoms with E-state index >= 15 is 4.39 Å². The minimum Gasteiger partial charge on any atom is -0.404 e. The number of hydrogen-bond donors (Lipinski definition) is 3. The van der Waals surface area contributed by atoms with Gasteiger partial charge in [0.2, 0.25) is 0 Å². The Labute approximate surface area is 180 Å². The van der Waals surface area contributed by atoms with Crippen LogP contribution in [-0.4, -0.2) is 44.4 Å². The number of phosphoric ester groups is 1. The highest BCUT2D eigenvalue weighted by Crippen LogP contribution is 2.55. The summed E-state index contributed by atoms with van der Waals surface area (Å²) in [6.45, 7) is 2.22. The second kappa shape index (κ2) is 7.89. The predicted octanol–water partition coefficient (Wildman–Crippen LogP) is 2.17. The Kier molecular flexibility index (Phi) is 5.67. The lowest BCUT2D eigenvalue weighted by Gasteiger charge is -2.28. The first-order valence-electron chi connectivity index (χ1n) is 9.24. The molecule has 0 radical (unpaired) electrons. The maximum atomic E-state index is 15.4. The number of aryl methyl sites for hydroxylation is 2. The van der Waals surface area contributed by atoms with Crippen LogP contribution < -0.4 is 10.1 Å². The van der Waals surface area contributed by atoms with Crippen molar-refractivity contribution in [2.24, 2.45) is 0 Å². The summed E-state index contributed by atoms with van der Waals surface area (Å²) in [6, 6.07) is 5.12. The first kappa shape index (κ1) is 22.3. The number of halogens is 1. The highest BCUT2D eigenvalue weighted by molar-refractivity contribution is 7.71. The molecule has 1 saturated heterocycles. The van der Waals surface area contributed by atoms with Gasteiger partial charge in [0.05, 0.1) is 6.61 Å². The number of nitrogens with zero attached hydrogens (tertiary/aromatic N) is 1. The summed E-state index contributed by atoms with van der Waals surface area (Å²) in [5, 5.41) is 20.6. The van der Waals surface area contributed by atoms with Gasteiger partial charge in [0, 0.05) is 17.3 Å². The number of benzene rings is 1. The molecule has 1 aromatic carbocycles. The molecule has 4 rings (SSSR count). The van der Waals surface area contributed by atoms with Crippen molar-refractivity contribution < 1.29 is 37.5 Å². The Balaban J connectivity index is 1.52. The zero-order valence-corrected chi connectivity index (χ0v) is 18.2. The van der Waals surface area contributed by atoms with Crippen LogP contribution in [0.4, 0.5) is 4.39 Å². The van der Waals surface area contributed by atoms with Gasteiger partial charge >= 0.3 is 7.82 Å². The van der Waals surface area contributed by atoms with E-state index in [1.54, 1.807) is 18.2 Å². The van der Waals surface area contributed by atoms with E-state index in [1.807, 2.05) is 6.92 Å². The molecular weight excluding hydrogens is 454 g/mol. The van der Waals surface area contributed by atoms with Gasteiger partial charge in [0.1, 0.15) is 24.6 Å². The number of aromatic nitrogens is 2. The maximum Gasteiger partial charge on any atom is 0.530 e. The summed E-state index contributed by atoms with van der Waals surface area (Å²) >= 11 is 5.03. The summed E-state index contributed by atoms with van der Waals surface area (Å²) < 4.78 is 49.8. The molecule has 31 heavy (non-hydrogen) atoms. The van der Waals surface area contributed by atoms with Crippen molar-refractivity contribution in [1.82, 2.24) is 9.55 Å². The van der Waals surface area contributed by atoms with Gasteiger partial charge < -0.3 is 19.5 Å². The third kappa shape index (κ3) is 4.12. The van der Waals surface area contributed by atoms with E-state index in [4.69, 9.17) is 30.5 Å². The predicted molar refractivity (Wildman–Crippen MR) is 107 cm³/mol. The van der Waals surface area contributed by atoms with Gasteiger partial charge in [-0.05, 0) is 32.1 Å². The van der Waals surface area contributed by atoms with E-state index in [0.717, 1.165) is 10.1 Å². The maximum absolute atomic E-state index is 15.4. The highest BCUT2D eigenvalue weighted by atomic mass is 32.1. The van der Waals surface area contributed by atoms with Crippen LogP contribution in [0, 0.1) is 18.6 Å². The minimum absolute atomic E-state index is 0.0753. The molecular formula is C18H20FN2O8PS. The number of rotatable bonds is 4. The number of H-pyrrole nitrogens is 1. The van der Waals surface area contributed by atoms with E-state index in [1.165, 1.54) is 13.1 Å². The summed E-state index contributed by atoms with van der Waals surface area (Å²) in [5.41, 5.74) is 1.38. The van der Waals surface area contributed by atoms with Crippen molar-refractivity contribution in [1.29, 1.82) is 0 Å². The molecule has 0 amide bonds. The Morgan fingerprint density at radius 1 is 1.42 bits per heavy atom. The lowest BCUT2D eigenvalue weighted by atomic mass is 10.1. The number of aliphatic hydroxyl groups is 2. The van der Waals surface area contributed by atoms with Crippen molar-refractivity contribution >= 4 is 20.0 Å². The smallest absolute Gasteiger partial charge is 0.404 e. The van der Waals surface area contributed by atoms with Crippen molar-refractivity contribution in [3.8, 4) is 5.75 Å². The fourth-order valence-corrected chi connectivity index (χ4v) is 4.78. The van der Waals surface area contributed by atoms with Crippen LogP contribution in [0.5, 0.6) is 5.75 Å². The number of ether oxygens (including phenoxy) is 1. The third-order valence-electron chi connectivity index (χ3n) is 5.02. The molecule has 2 aromatic rings. The van der Waals surface area contributed by atoms with Crippen LogP contribution in [0.15, 0.2) is 29.2 Å². The largest absolute Gasteiger partial charge is 0.530 e. The van der Waals surface area contributed by atoms with Crippen LogP contribution >= 0.6 is 20.0 Å². The van der Waals surface area contributed by atoms with Gasteiger partial charge in [-0.2, -0.15) is 0 Å². The van der Waals surface area contributed by atoms with E-state index < -0.39 is 44.3 Å². The first-order valence-corrected chi connectivity index (χ1v) is 11.1. The molecule has 3 N–H and O–H groups in total. The molecule has 1 fully saturated rings. The summed E-state index contributed by atoms with van der Waals surface area (Å²) in [5.74, 6) is -2.69. The molecule has 0 aliphatic carbocycles. The number of aromatic amines is 1. The normalized spacial score (nSPS) is 32.5. The second-order valence-corrected chi connectivity index (χ2v) is 9.39. The summed E-state index contributed by atoms with van der Waals surface area (Å²) in [4.78, 5) is 14.0. The average Bonchev–Trinajstić information content (AvgIpc) is 2.94. The highest BCUT2D eigenvalue weighted by Gasteiger charge is 2.57. The van der Waals surface area contributed by atoms with E-state index in [9.17, 15) is 19.6 Å². The quantitative estimate of drug-likeness (QED) is 0.451. The van der Waals surface area contributed by atoms with Gasteiger partial charge in [0.15, 0.2) is 11.0 Å². The number of fused-ring (bicyclic) bond motifs is 1. The topological polar surface area (TPSA) is 132 Å². The molecule has 168 valence electrons. The number of nitrogens with one attached hydrogen (secondary N) is 1. The van der Waals surface area contributed by atoms with Crippen LogP contribution in [0.3, 0.4) is 0 Å². The molecule has 5 atom stereocenters. The minimum atomic E-state index is -4.21. The third-order valence-corrected chi connectivity index (χ3v) is 6.64. The summed E-state index contributed by atoms with van der Waals surface area (Å²) in [6.07, 6.45) is -4.03. The van der Waals surface area contributed by atoms with Gasteiger partial charge in [-0.3, -0.25) is 23.4 Å². The molecule has 2 aliphatic rings. The molecule has 1 unspecified atom stereocenters. The lowest BCUT2D eigenvalue weighted by molar-refractivity contribution is -0.205. The van der Waals surface area contributed by atoms with Crippen molar-refractivity contribution in [2.75, 3.05) is 6.61 Å². The molecule has 2 aliphatic heterocycles. The van der Waals surface area contributed by atoms with E-state index in [-0.39, 0.29) is 22.7 Å². The van der Waals surface area contributed by atoms with Crippen molar-refractivity contribution in [3.05, 3.63) is 56.2 Å². The van der Waals surface area contributed by atoms with Crippen LogP contribution in [-0.2, 0) is 25.0 Å². The Hall–Kier alpha value is -1.92. The molecule has 3 heterocycles. The number of alkyl halides is 1. The monoisotopic (exact) mass is 474 g/mol. The van der Waals surface area contributed by atoms with Crippen LogP contribution in [0.2, 0.25) is 0 Å². The fourth-order valence-electron chi connectivity index (χ4n) is 3.30. The van der Waals surface area contributed by atoms with Crippen LogP contribution in [0.1, 0.15) is 22.9 Å². The van der Waals surface area contributed by atoms with Gasteiger partial charge in [-0.1, -0.05) is 17.7 Å². The second-order valence-electron chi connectivity index (χ2n) is 7.41. The Morgan fingerprint density at radius 2 is 2.16 bits per heavy atom. The number of aliphatic hydroxyl groups excluding tert-OH is 2. The van der Waals surface area contributed by atoms with Gasteiger partial charge in [-0.25, -0.2) is 8.96 Å². The van der Waals surface area contributed by atoms with Crippen LogP contribution in [0.25, 0.3) is 0 Å².